The highest BCUT2D eigenvalue weighted by molar-refractivity contribution is 5.70. The van der Waals surface area contributed by atoms with Gasteiger partial charge in [0.05, 0.1) is 7.11 Å². The fourth-order valence-corrected chi connectivity index (χ4v) is 1.97. The lowest BCUT2D eigenvalue weighted by Gasteiger charge is -2.01. The standard InChI is InChI=1S/C15H22O4/c1-18-15(17)9-7-5-3-2-4-6-8-13-10-11-14(12-16)19-13/h10-12H,2-9H2,1H3. The van der Waals surface area contributed by atoms with Crippen LogP contribution in [-0.2, 0) is 16.0 Å². The first-order valence-electron chi connectivity index (χ1n) is 6.87. The third-order valence-electron chi connectivity index (χ3n) is 3.08. The minimum atomic E-state index is -0.121. The van der Waals surface area contributed by atoms with E-state index >= 15 is 0 Å². The van der Waals surface area contributed by atoms with E-state index in [4.69, 9.17) is 4.42 Å². The lowest BCUT2D eigenvalue weighted by atomic mass is 10.1. The number of ether oxygens (including phenoxy) is 1. The molecule has 1 aromatic rings. The Bertz CT molecular complexity index is 381. The first-order chi connectivity index (χ1) is 9.26. The van der Waals surface area contributed by atoms with Gasteiger partial charge in [0.2, 0.25) is 0 Å². The molecule has 4 heteroatoms. The zero-order valence-corrected chi connectivity index (χ0v) is 11.5. The molecule has 0 spiro atoms. The molecule has 0 atom stereocenters. The molecule has 4 nitrogen and oxygen atoms in total. The van der Waals surface area contributed by atoms with Crippen molar-refractivity contribution in [3.05, 3.63) is 23.7 Å². The van der Waals surface area contributed by atoms with E-state index in [-0.39, 0.29) is 5.97 Å². The van der Waals surface area contributed by atoms with Gasteiger partial charge < -0.3 is 9.15 Å². The Labute approximate surface area is 114 Å². The summed E-state index contributed by atoms with van der Waals surface area (Å²) < 4.78 is 9.88. The summed E-state index contributed by atoms with van der Waals surface area (Å²) in [5.74, 6) is 1.16. The van der Waals surface area contributed by atoms with Crippen LogP contribution in [0.2, 0.25) is 0 Å². The highest BCUT2D eigenvalue weighted by Crippen LogP contribution is 2.12. The zero-order chi connectivity index (χ0) is 13.9. The molecule has 0 aromatic carbocycles. The number of esters is 1. The number of hydrogen-bond donors (Lipinski definition) is 0. The van der Waals surface area contributed by atoms with Crippen molar-refractivity contribution in [2.75, 3.05) is 7.11 Å². The number of methoxy groups -OCH3 is 1. The lowest BCUT2D eigenvalue weighted by Crippen LogP contribution is -1.99. The van der Waals surface area contributed by atoms with E-state index in [2.05, 4.69) is 4.74 Å². The highest BCUT2D eigenvalue weighted by Gasteiger charge is 2.01. The summed E-state index contributed by atoms with van der Waals surface area (Å²) in [6.07, 6.45) is 8.66. The van der Waals surface area contributed by atoms with Gasteiger partial charge in [-0.05, 0) is 25.0 Å². The maximum absolute atomic E-state index is 10.9. The van der Waals surface area contributed by atoms with Crippen LogP contribution in [0.15, 0.2) is 16.5 Å². The molecule has 0 fully saturated rings. The number of aryl methyl sites for hydroxylation is 1. The van der Waals surface area contributed by atoms with Gasteiger partial charge in [-0.25, -0.2) is 0 Å². The van der Waals surface area contributed by atoms with Crippen LogP contribution >= 0.6 is 0 Å². The van der Waals surface area contributed by atoms with Gasteiger partial charge in [-0.1, -0.05) is 25.7 Å². The Kier molecular flexibility index (Phi) is 7.63. The Balaban J connectivity index is 1.93. The van der Waals surface area contributed by atoms with Crippen molar-refractivity contribution >= 4 is 12.3 Å². The molecule has 0 bridgehead atoms. The van der Waals surface area contributed by atoms with Gasteiger partial charge in [0.1, 0.15) is 5.76 Å². The highest BCUT2D eigenvalue weighted by atomic mass is 16.5. The van der Waals surface area contributed by atoms with Crippen molar-refractivity contribution in [3.63, 3.8) is 0 Å². The maximum atomic E-state index is 10.9. The van der Waals surface area contributed by atoms with Gasteiger partial charge >= 0.3 is 5.97 Å². The molecule has 0 N–H and O–H groups in total. The summed E-state index contributed by atoms with van der Waals surface area (Å²) >= 11 is 0. The summed E-state index contributed by atoms with van der Waals surface area (Å²) in [5, 5.41) is 0. The van der Waals surface area contributed by atoms with Gasteiger partial charge in [-0.15, -0.1) is 0 Å². The average molecular weight is 266 g/mol. The summed E-state index contributed by atoms with van der Waals surface area (Å²) in [7, 11) is 1.42. The third-order valence-corrected chi connectivity index (χ3v) is 3.08. The summed E-state index contributed by atoms with van der Waals surface area (Å²) in [4.78, 5) is 21.3. The Morgan fingerprint density at radius 3 is 2.47 bits per heavy atom. The topological polar surface area (TPSA) is 56.5 Å². The number of aldehydes is 1. The number of carbonyl (C=O) groups excluding carboxylic acids is 2. The van der Waals surface area contributed by atoms with Crippen LogP contribution in [0.25, 0.3) is 0 Å². The van der Waals surface area contributed by atoms with Crippen LogP contribution in [0.5, 0.6) is 0 Å². The Morgan fingerprint density at radius 2 is 1.84 bits per heavy atom. The molecule has 0 radical (unpaired) electrons. The number of carbonyl (C=O) groups is 2. The number of furan rings is 1. The average Bonchev–Trinajstić information content (AvgIpc) is 2.89. The fraction of sp³-hybridized carbons (Fsp3) is 0.600. The van der Waals surface area contributed by atoms with Gasteiger partial charge in [-0.2, -0.15) is 0 Å². The van der Waals surface area contributed by atoms with Crippen molar-refractivity contribution in [2.45, 2.75) is 51.4 Å². The fourth-order valence-electron chi connectivity index (χ4n) is 1.97. The smallest absolute Gasteiger partial charge is 0.305 e. The monoisotopic (exact) mass is 266 g/mol. The van der Waals surface area contributed by atoms with E-state index in [1.165, 1.54) is 13.5 Å². The van der Waals surface area contributed by atoms with Crippen LogP contribution in [0.3, 0.4) is 0 Å². The zero-order valence-electron chi connectivity index (χ0n) is 11.5. The molecule has 0 saturated heterocycles. The molecule has 1 aromatic heterocycles. The first-order valence-corrected chi connectivity index (χ1v) is 6.87. The van der Waals surface area contributed by atoms with E-state index in [0.29, 0.717) is 12.2 Å². The SMILES string of the molecule is COC(=O)CCCCCCCCc1ccc(C=O)o1. The molecule has 0 aliphatic heterocycles. The van der Waals surface area contributed by atoms with Crippen molar-refractivity contribution in [1.29, 1.82) is 0 Å². The molecular weight excluding hydrogens is 244 g/mol. The van der Waals surface area contributed by atoms with E-state index in [1.54, 1.807) is 6.07 Å². The van der Waals surface area contributed by atoms with Gasteiger partial charge in [0, 0.05) is 12.8 Å². The van der Waals surface area contributed by atoms with Crippen LogP contribution in [0, 0.1) is 0 Å². The minimum absolute atomic E-state index is 0.121. The van der Waals surface area contributed by atoms with Crippen LogP contribution in [0.4, 0.5) is 0 Å². The number of hydrogen-bond acceptors (Lipinski definition) is 4. The molecule has 19 heavy (non-hydrogen) atoms. The second-order valence-electron chi connectivity index (χ2n) is 4.62. The van der Waals surface area contributed by atoms with Crippen LogP contribution < -0.4 is 0 Å². The van der Waals surface area contributed by atoms with Crippen molar-refractivity contribution < 1.29 is 18.7 Å². The molecule has 106 valence electrons. The quantitative estimate of drug-likeness (QED) is 0.369. The van der Waals surface area contributed by atoms with Gasteiger partial charge in [-0.3, -0.25) is 9.59 Å². The Hall–Kier alpha value is -1.58. The van der Waals surface area contributed by atoms with E-state index < -0.39 is 0 Å². The molecule has 0 aliphatic rings. The predicted molar refractivity (Wildman–Crippen MR) is 72.1 cm³/mol. The van der Waals surface area contributed by atoms with Crippen molar-refractivity contribution in [3.8, 4) is 0 Å². The van der Waals surface area contributed by atoms with Gasteiger partial charge in [0.25, 0.3) is 0 Å². The van der Waals surface area contributed by atoms with Crippen LogP contribution in [0.1, 0.15) is 61.3 Å². The lowest BCUT2D eigenvalue weighted by molar-refractivity contribution is -0.140. The number of unbranched alkanes of at least 4 members (excludes halogenated alkanes) is 5. The second-order valence-corrected chi connectivity index (χ2v) is 4.62. The van der Waals surface area contributed by atoms with E-state index in [9.17, 15) is 9.59 Å². The largest absolute Gasteiger partial charge is 0.469 e. The molecular formula is C15H22O4. The van der Waals surface area contributed by atoms with E-state index in [1.807, 2.05) is 6.07 Å². The van der Waals surface area contributed by atoms with Crippen molar-refractivity contribution in [1.82, 2.24) is 0 Å². The van der Waals surface area contributed by atoms with Crippen LogP contribution in [-0.4, -0.2) is 19.4 Å². The first kappa shape index (κ1) is 15.5. The molecule has 1 heterocycles. The molecule has 1 rings (SSSR count). The molecule has 0 aliphatic carbocycles. The third kappa shape index (κ3) is 6.79. The predicted octanol–water partition coefficient (Wildman–Crippen LogP) is 3.54. The molecule has 0 saturated carbocycles. The van der Waals surface area contributed by atoms with E-state index in [0.717, 1.165) is 50.6 Å². The maximum Gasteiger partial charge on any atom is 0.305 e. The second kappa shape index (κ2) is 9.36. The van der Waals surface area contributed by atoms with Gasteiger partial charge in [0.15, 0.2) is 12.0 Å². The summed E-state index contributed by atoms with van der Waals surface area (Å²) in [6, 6.07) is 3.56. The molecule has 0 amide bonds. The summed E-state index contributed by atoms with van der Waals surface area (Å²) in [6.45, 7) is 0. The summed E-state index contributed by atoms with van der Waals surface area (Å²) in [5.41, 5.74) is 0. The molecule has 0 unspecified atom stereocenters. The normalized spacial score (nSPS) is 10.4. The Morgan fingerprint density at radius 1 is 1.16 bits per heavy atom. The number of rotatable bonds is 10. The minimum Gasteiger partial charge on any atom is -0.469 e. The van der Waals surface area contributed by atoms with Crippen molar-refractivity contribution in [2.24, 2.45) is 0 Å².